The van der Waals surface area contributed by atoms with Crippen LogP contribution in [0.1, 0.15) is 79.1 Å². The topological polar surface area (TPSA) is 87.0 Å². The molecule has 1 aliphatic heterocycles. The first kappa shape index (κ1) is 21.9. The van der Waals surface area contributed by atoms with E-state index in [0.717, 1.165) is 32.1 Å². The van der Waals surface area contributed by atoms with E-state index in [9.17, 15) is 20.1 Å². The molecule has 0 bridgehead atoms. The lowest BCUT2D eigenvalue weighted by Crippen LogP contribution is -2.60. The number of carboxylic acids is 1. The van der Waals surface area contributed by atoms with Gasteiger partial charge in [-0.15, -0.1) is 5.41 Å². The Morgan fingerprint density at radius 3 is 2.34 bits per heavy atom. The Kier molecular flexibility index (Phi) is 4.18. The molecule has 1 saturated heterocycles. The Morgan fingerprint density at radius 2 is 1.66 bits per heavy atom. The van der Waals surface area contributed by atoms with Crippen LogP contribution in [0.25, 0.3) is 0 Å². The second-order valence-electron chi connectivity index (χ2n) is 13.6. The molecule has 0 aromatic heterocycles. The fraction of sp³-hybridized carbons (Fsp3) is 0.926. The van der Waals surface area contributed by atoms with Crippen LogP contribution >= 0.6 is 0 Å². The minimum atomic E-state index is -0.915. The SMILES string of the molecule is [CH2-]C12C(O)C3OC(C(=O)O)CC(C)C3C1(C)CCC13CC14CCC(O)C(C)(C)C4CCC32. The number of carbonyl (C=O) groups is 1. The molecular weight excluding hydrogens is 404 g/mol. The Balaban J connectivity index is 1.40. The molecule has 5 heteroatoms. The number of aliphatic hydroxyl groups is 2. The molecule has 12 unspecified atom stereocenters. The van der Waals surface area contributed by atoms with Gasteiger partial charge in [-0.25, -0.2) is 4.79 Å². The van der Waals surface area contributed by atoms with Crippen molar-refractivity contribution in [2.75, 3.05) is 0 Å². The van der Waals surface area contributed by atoms with E-state index < -0.39 is 29.7 Å². The molecule has 0 aromatic rings. The maximum atomic E-state index is 11.9. The van der Waals surface area contributed by atoms with Crippen LogP contribution < -0.4 is 0 Å². The first-order valence-corrected chi connectivity index (χ1v) is 13.0. The van der Waals surface area contributed by atoms with E-state index in [2.05, 4.69) is 27.7 Å². The van der Waals surface area contributed by atoms with Crippen molar-refractivity contribution >= 4 is 5.97 Å². The second kappa shape index (κ2) is 6.12. The molecule has 6 rings (SSSR count). The van der Waals surface area contributed by atoms with Gasteiger partial charge in [0, 0.05) is 0 Å². The summed E-state index contributed by atoms with van der Waals surface area (Å²) in [4.78, 5) is 11.8. The lowest BCUT2D eigenvalue weighted by Gasteiger charge is -2.67. The standard InChI is InChI=1S/C27H41O5/c1-14-12-15(22(30)31)32-20-19(14)24(4)10-11-27-13-26(27)9-8-18(28)23(2,3)16(26)6-7-17(27)25(24,5)21(20)29/h14-21,28-29H,5-13H2,1-4H3,(H,30,31)/q-1. The number of ether oxygens (including phenoxy) is 1. The van der Waals surface area contributed by atoms with Crippen molar-refractivity contribution in [2.24, 2.45) is 50.7 Å². The average molecular weight is 446 g/mol. The summed E-state index contributed by atoms with van der Waals surface area (Å²) in [6.45, 7) is 13.9. The maximum absolute atomic E-state index is 11.9. The summed E-state index contributed by atoms with van der Waals surface area (Å²) >= 11 is 0. The van der Waals surface area contributed by atoms with E-state index >= 15 is 0 Å². The highest BCUT2D eigenvalue weighted by Gasteiger charge is 2.82. The molecule has 0 amide bonds. The predicted molar refractivity (Wildman–Crippen MR) is 119 cm³/mol. The van der Waals surface area contributed by atoms with E-state index in [1.165, 1.54) is 12.8 Å². The van der Waals surface area contributed by atoms with Gasteiger partial charge < -0.3 is 27.0 Å². The minimum Gasteiger partial charge on any atom is -0.479 e. The molecule has 3 N–H and O–H groups in total. The summed E-state index contributed by atoms with van der Waals surface area (Å²) in [5.74, 6) is 0.313. The zero-order chi connectivity index (χ0) is 23.1. The Labute approximate surface area is 192 Å². The molecule has 5 saturated carbocycles. The van der Waals surface area contributed by atoms with Crippen LogP contribution in [0.2, 0.25) is 0 Å². The van der Waals surface area contributed by atoms with Gasteiger partial charge in [-0.2, -0.15) is 0 Å². The van der Waals surface area contributed by atoms with E-state index in [1.54, 1.807) is 0 Å². The van der Waals surface area contributed by atoms with Gasteiger partial charge in [0.1, 0.15) is 0 Å². The summed E-state index contributed by atoms with van der Waals surface area (Å²) in [7, 11) is 0. The first-order valence-electron chi connectivity index (χ1n) is 13.0. The number of fused-ring (bicyclic) bond motifs is 4. The van der Waals surface area contributed by atoms with Gasteiger partial charge in [0.2, 0.25) is 0 Å². The molecule has 12 atom stereocenters. The maximum Gasteiger partial charge on any atom is 0.332 e. The van der Waals surface area contributed by atoms with Crippen molar-refractivity contribution in [1.29, 1.82) is 0 Å². The molecule has 6 fully saturated rings. The third-order valence-corrected chi connectivity index (χ3v) is 12.7. The molecule has 2 spiro atoms. The third kappa shape index (κ3) is 2.13. The summed E-state index contributed by atoms with van der Waals surface area (Å²) in [5, 5.41) is 32.3. The van der Waals surface area contributed by atoms with Gasteiger partial charge in [-0.05, 0) is 84.4 Å². The average Bonchev–Trinajstić information content (AvgIpc) is 3.36. The quantitative estimate of drug-likeness (QED) is 0.530. The molecule has 32 heavy (non-hydrogen) atoms. The van der Waals surface area contributed by atoms with Crippen molar-refractivity contribution < 1.29 is 24.9 Å². The largest absolute Gasteiger partial charge is 0.479 e. The van der Waals surface area contributed by atoms with Crippen LogP contribution in [0.5, 0.6) is 0 Å². The Bertz CT molecular complexity index is 855. The normalized spacial score (nSPS) is 62.1. The highest BCUT2D eigenvalue weighted by Crippen LogP contribution is 2.89. The molecule has 5 nitrogen and oxygen atoms in total. The van der Waals surface area contributed by atoms with Crippen LogP contribution in [0.3, 0.4) is 0 Å². The number of aliphatic hydroxyl groups excluding tert-OH is 2. The van der Waals surface area contributed by atoms with Crippen molar-refractivity contribution in [3.8, 4) is 0 Å². The Hall–Kier alpha value is -0.650. The number of carboxylic acid groups (broad SMARTS) is 1. The van der Waals surface area contributed by atoms with Gasteiger partial charge in [0.05, 0.1) is 18.3 Å². The molecule has 6 aliphatic rings. The number of rotatable bonds is 1. The number of aliphatic carboxylic acids is 1. The zero-order valence-corrected chi connectivity index (χ0v) is 20.1. The minimum absolute atomic E-state index is 0.0591. The summed E-state index contributed by atoms with van der Waals surface area (Å²) in [6, 6.07) is 0. The van der Waals surface area contributed by atoms with Crippen molar-refractivity contribution in [3.05, 3.63) is 6.92 Å². The van der Waals surface area contributed by atoms with Gasteiger partial charge in [-0.3, -0.25) is 0 Å². The Morgan fingerprint density at radius 1 is 1.00 bits per heavy atom. The van der Waals surface area contributed by atoms with Gasteiger partial charge in [0.25, 0.3) is 0 Å². The number of hydrogen-bond acceptors (Lipinski definition) is 4. The molecule has 1 heterocycles. The molecular formula is C27H41O5-. The highest BCUT2D eigenvalue weighted by atomic mass is 16.5. The van der Waals surface area contributed by atoms with Crippen LogP contribution in [-0.4, -0.2) is 45.7 Å². The molecule has 180 valence electrons. The van der Waals surface area contributed by atoms with E-state index in [0.29, 0.717) is 18.3 Å². The van der Waals surface area contributed by atoms with Gasteiger partial charge in [-0.1, -0.05) is 40.0 Å². The summed E-state index contributed by atoms with van der Waals surface area (Å²) < 4.78 is 6.13. The molecule has 0 aromatic carbocycles. The van der Waals surface area contributed by atoms with E-state index in [-0.39, 0.29) is 39.6 Å². The highest BCUT2D eigenvalue weighted by molar-refractivity contribution is 5.72. The van der Waals surface area contributed by atoms with Crippen molar-refractivity contribution in [3.63, 3.8) is 0 Å². The third-order valence-electron chi connectivity index (χ3n) is 12.7. The monoisotopic (exact) mass is 445 g/mol. The molecule has 5 aliphatic carbocycles. The fourth-order valence-corrected chi connectivity index (χ4v) is 11.2. The summed E-state index contributed by atoms with van der Waals surface area (Å²) in [5.41, 5.74) is -0.198. The zero-order valence-electron chi connectivity index (χ0n) is 20.1. The lowest BCUT2D eigenvalue weighted by molar-refractivity contribution is -0.178. The predicted octanol–water partition coefficient (Wildman–Crippen LogP) is 4.06. The summed E-state index contributed by atoms with van der Waals surface area (Å²) in [6.07, 6.45) is 5.87. The van der Waals surface area contributed by atoms with Crippen LogP contribution in [0.15, 0.2) is 0 Å². The van der Waals surface area contributed by atoms with Crippen LogP contribution in [0, 0.1) is 57.7 Å². The van der Waals surface area contributed by atoms with E-state index in [4.69, 9.17) is 11.7 Å². The van der Waals surface area contributed by atoms with Gasteiger partial charge >= 0.3 is 5.97 Å². The fourth-order valence-electron chi connectivity index (χ4n) is 11.2. The second-order valence-corrected chi connectivity index (χ2v) is 13.6. The smallest absolute Gasteiger partial charge is 0.332 e. The lowest BCUT2D eigenvalue weighted by atomic mass is 9.41. The van der Waals surface area contributed by atoms with E-state index in [1.807, 2.05) is 0 Å². The van der Waals surface area contributed by atoms with Gasteiger partial charge in [0.15, 0.2) is 6.10 Å². The number of hydrogen-bond donors (Lipinski definition) is 3. The first-order chi connectivity index (χ1) is 14.9. The van der Waals surface area contributed by atoms with Crippen molar-refractivity contribution in [2.45, 2.75) is 103 Å². The van der Waals surface area contributed by atoms with Crippen LogP contribution in [-0.2, 0) is 9.53 Å². The molecule has 0 radical (unpaired) electrons. The van der Waals surface area contributed by atoms with Crippen molar-refractivity contribution in [1.82, 2.24) is 0 Å². The van der Waals surface area contributed by atoms with Crippen LogP contribution in [0.4, 0.5) is 0 Å².